The van der Waals surface area contributed by atoms with Crippen LogP contribution in [0.1, 0.15) is 10.6 Å². The molecule has 1 unspecified atom stereocenters. The van der Waals surface area contributed by atoms with E-state index in [9.17, 15) is 18.0 Å². The number of benzene rings is 1. The van der Waals surface area contributed by atoms with Crippen LogP contribution in [0.15, 0.2) is 41.7 Å². The molecule has 3 N–H and O–H groups in total. The molecule has 10 heteroatoms. The summed E-state index contributed by atoms with van der Waals surface area (Å²) in [5, 5.41) is 2.62. The van der Waals surface area contributed by atoms with Gasteiger partial charge in [-0.3, -0.25) is 9.79 Å². The number of aromatic nitrogens is 2. The molecule has 0 saturated carbocycles. The van der Waals surface area contributed by atoms with E-state index in [0.29, 0.717) is 11.5 Å². The lowest BCUT2D eigenvalue weighted by molar-refractivity contribution is 0.0505. The maximum atomic E-state index is 12.6. The van der Waals surface area contributed by atoms with Crippen molar-refractivity contribution in [3.05, 3.63) is 48.3 Å². The number of hydrogen-bond donors (Lipinski definition) is 2. The number of terminal acetylenes is 1. The summed E-state index contributed by atoms with van der Waals surface area (Å²) in [4.78, 5) is 19.1. The van der Waals surface area contributed by atoms with Gasteiger partial charge in [-0.25, -0.2) is 18.2 Å². The molecule has 0 radical (unpaired) electrons. The number of nitrogens with one attached hydrogen (secondary N) is 1. The number of nitrogens with two attached hydrogens (primary N) is 1. The Labute approximate surface area is 160 Å². The molecule has 2 aromatic rings. The predicted molar refractivity (Wildman–Crippen MR) is 99.7 cm³/mol. The molecule has 2 heterocycles. The minimum Gasteiger partial charge on any atom is -0.386 e. The molecule has 0 spiro atoms. The number of carbonyl (C=O) groups excluding carboxylic acids is 1. The largest absolute Gasteiger partial charge is 0.386 e. The summed E-state index contributed by atoms with van der Waals surface area (Å²) < 4.78 is 42.7. The number of halogens is 3. The Morgan fingerprint density at radius 3 is 2.46 bits per heavy atom. The summed E-state index contributed by atoms with van der Waals surface area (Å²) in [7, 11) is 1.73. The van der Waals surface area contributed by atoms with Gasteiger partial charge in [0.05, 0.1) is 6.61 Å². The van der Waals surface area contributed by atoms with Gasteiger partial charge in [-0.1, -0.05) is 0 Å². The van der Waals surface area contributed by atoms with Crippen molar-refractivity contribution in [1.82, 2.24) is 9.55 Å². The minimum atomic E-state index is -2.47. The van der Waals surface area contributed by atoms with Gasteiger partial charge in [-0.05, 0) is 24.3 Å². The van der Waals surface area contributed by atoms with E-state index < -0.39 is 12.5 Å². The zero-order valence-corrected chi connectivity index (χ0v) is 15.1. The zero-order chi connectivity index (χ0) is 21.1. The average Bonchev–Trinajstić information content (AvgIpc) is 3.12. The summed E-state index contributed by atoms with van der Waals surface area (Å²) >= 11 is 0. The van der Waals surface area contributed by atoms with E-state index in [-0.39, 0.29) is 30.8 Å². The summed E-state index contributed by atoms with van der Waals surface area (Å²) in [5.41, 5.74) is 5.69. The smallest absolute Gasteiger partial charge is 0.291 e. The highest BCUT2D eigenvalue weighted by molar-refractivity contribution is 6.01. The van der Waals surface area contributed by atoms with Gasteiger partial charge in [0.15, 0.2) is 5.82 Å². The number of imidazole rings is 1. The first kappa shape index (κ1) is 22.7. The lowest BCUT2D eigenvalue weighted by atomic mass is 10.3. The highest BCUT2D eigenvalue weighted by atomic mass is 19.3. The number of nitrogens with zero attached hydrogens (tertiary/aromatic N) is 3. The Kier molecular flexibility index (Phi) is 9.25. The topological polar surface area (TPSA) is 94.5 Å². The molecule has 150 valence electrons. The molecular formula is C18H20F3N5O2. The first-order valence-electron chi connectivity index (χ1n) is 7.92. The highest BCUT2D eigenvalue weighted by Crippen LogP contribution is 2.10. The van der Waals surface area contributed by atoms with Crippen molar-refractivity contribution in [2.45, 2.75) is 12.5 Å². The average molecular weight is 395 g/mol. The fourth-order valence-electron chi connectivity index (χ4n) is 2.01. The molecule has 1 aromatic heterocycles. The van der Waals surface area contributed by atoms with E-state index in [1.54, 1.807) is 24.0 Å². The second-order valence-corrected chi connectivity index (χ2v) is 5.36. The van der Waals surface area contributed by atoms with Crippen molar-refractivity contribution in [2.24, 2.45) is 17.8 Å². The molecule has 28 heavy (non-hydrogen) atoms. The van der Waals surface area contributed by atoms with Crippen LogP contribution < -0.4 is 11.1 Å². The third kappa shape index (κ3) is 7.13. The molecule has 1 aromatic carbocycles. The molecule has 0 bridgehead atoms. The molecular weight excluding hydrogens is 375 g/mol. The molecule has 1 atom stereocenters. The van der Waals surface area contributed by atoms with Gasteiger partial charge in [0.2, 0.25) is 0 Å². The number of amides is 1. The van der Waals surface area contributed by atoms with E-state index in [4.69, 9.17) is 10.5 Å². The van der Waals surface area contributed by atoms with Crippen molar-refractivity contribution in [2.75, 3.05) is 18.5 Å². The summed E-state index contributed by atoms with van der Waals surface area (Å²) in [6.45, 7) is 0.140. The van der Waals surface area contributed by atoms with E-state index in [0.717, 1.165) is 0 Å². The van der Waals surface area contributed by atoms with Crippen LogP contribution in [-0.4, -0.2) is 47.0 Å². The number of rotatable bonds is 3. The lowest BCUT2D eigenvalue weighted by Crippen LogP contribution is -2.34. The van der Waals surface area contributed by atoms with E-state index >= 15 is 0 Å². The molecule has 1 aliphatic rings. The van der Waals surface area contributed by atoms with Gasteiger partial charge >= 0.3 is 0 Å². The number of anilines is 1. The second-order valence-electron chi connectivity index (χ2n) is 5.36. The third-order valence-electron chi connectivity index (χ3n) is 3.29. The minimum absolute atomic E-state index is 0.0294. The molecule has 3 rings (SSSR count). The zero-order valence-electron chi connectivity index (χ0n) is 15.1. The molecule has 1 amide bonds. The quantitative estimate of drug-likeness (QED) is 0.778. The van der Waals surface area contributed by atoms with Gasteiger partial charge < -0.3 is 20.4 Å². The van der Waals surface area contributed by atoms with Gasteiger partial charge in [0.25, 0.3) is 12.3 Å². The van der Waals surface area contributed by atoms with Crippen LogP contribution in [0.2, 0.25) is 0 Å². The van der Waals surface area contributed by atoms with Crippen LogP contribution in [0.25, 0.3) is 0 Å². The number of aliphatic imine (C=N–C) groups is 1. The van der Waals surface area contributed by atoms with Crippen molar-refractivity contribution in [1.29, 1.82) is 0 Å². The van der Waals surface area contributed by atoms with Crippen molar-refractivity contribution < 1.29 is 22.7 Å². The summed E-state index contributed by atoms with van der Waals surface area (Å²) in [5.74, 6) is -0.199. The van der Waals surface area contributed by atoms with Gasteiger partial charge in [-0.15, -0.1) is 12.8 Å². The molecule has 1 aliphatic heterocycles. The SMILES string of the molecule is C#C.Cn1ccnc1C(=O)Nc1ccc(F)cc1.NC1=NC(C(F)F)COC1. The standard InChI is InChI=1S/C11H10FN3O.C5H8F2N2O.C2H2/c1-15-7-6-13-10(15)11(16)14-9-4-2-8(12)3-5-9;6-5(7)3-1-10-2-4(8)9-3;1-2/h2-7H,1H3,(H,14,16);3,5H,1-2H2,(H2,8,9);1-2H. The number of hydrogen-bond acceptors (Lipinski definition) is 5. The first-order valence-corrected chi connectivity index (χ1v) is 7.92. The first-order chi connectivity index (χ1) is 13.4. The van der Waals surface area contributed by atoms with Crippen LogP contribution in [0.3, 0.4) is 0 Å². The predicted octanol–water partition coefficient (Wildman–Crippen LogP) is 2.07. The monoisotopic (exact) mass is 395 g/mol. The number of carbonyl (C=O) groups is 1. The Balaban J connectivity index is 0.000000281. The lowest BCUT2D eigenvalue weighted by Gasteiger charge is -2.17. The van der Waals surface area contributed by atoms with Gasteiger partial charge in [0.1, 0.15) is 24.3 Å². The molecule has 7 nitrogen and oxygen atoms in total. The number of amidine groups is 1. The molecule has 0 fully saturated rings. The Hall–Kier alpha value is -3.32. The van der Waals surface area contributed by atoms with Gasteiger partial charge in [0, 0.05) is 25.1 Å². The molecule has 0 aliphatic carbocycles. The summed E-state index contributed by atoms with van der Waals surface area (Å²) in [6, 6.07) is 4.50. The van der Waals surface area contributed by atoms with E-state index in [2.05, 4.69) is 28.1 Å². The van der Waals surface area contributed by atoms with Crippen LogP contribution in [0, 0.1) is 18.7 Å². The van der Waals surface area contributed by atoms with Crippen molar-refractivity contribution >= 4 is 17.4 Å². The third-order valence-corrected chi connectivity index (χ3v) is 3.29. The summed E-state index contributed by atoms with van der Waals surface area (Å²) in [6.07, 6.45) is 8.75. The number of ether oxygens (including phenoxy) is 1. The fraction of sp³-hybridized carbons (Fsp3) is 0.278. The van der Waals surface area contributed by atoms with Crippen molar-refractivity contribution in [3.8, 4) is 12.8 Å². The fourth-order valence-corrected chi connectivity index (χ4v) is 2.01. The second kappa shape index (κ2) is 11.4. The maximum absolute atomic E-state index is 12.6. The number of aryl methyl sites for hydroxylation is 1. The highest BCUT2D eigenvalue weighted by Gasteiger charge is 2.22. The number of alkyl halides is 2. The van der Waals surface area contributed by atoms with Crippen LogP contribution in [0.4, 0.5) is 18.9 Å². The molecule has 0 saturated heterocycles. The Bertz CT molecular complexity index is 803. The maximum Gasteiger partial charge on any atom is 0.291 e. The van der Waals surface area contributed by atoms with Crippen molar-refractivity contribution in [3.63, 3.8) is 0 Å². The van der Waals surface area contributed by atoms with Gasteiger partial charge in [-0.2, -0.15) is 0 Å². The van der Waals surface area contributed by atoms with E-state index in [1.165, 1.54) is 24.3 Å². The van der Waals surface area contributed by atoms with Crippen LogP contribution in [-0.2, 0) is 11.8 Å². The van der Waals surface area contributed by atoms with Crippen LogP contribution >= 0.6 is 0 Å². The normalized spacial score (nSPS) is 15.4. The van der Waals surface area contributed by atoms with Crippen LogP contribution in [0.5, 0.6) is 0 Å². The van der Waals surface area contributed by atoms with E-state index in [1.807, 2.05) is 0 Å². The Morgan fingerprint density at radius 2 is 2.00 bits per heavy atom. The Morgan fingerprint density at radius 1 is 1.36 bits per heavy atom.